The van der Waals surface area contributed by atoms with Gasteiger partial charge < -0.3 is 5.73 Å². The molecule has 0 saturated heterocycles. The fourth-order valence-corrected chi connectivity index (χ4v) is 2.64. The molecule has 0 aromatic heterocycles. The van der Waals surface area contributed by atoms with Gasteiger partial charge in [-0.05, 0) is 18.9 Å². The lowest BCUT2D eigenvalue weighted by atomic mass is 10.2. The number of hydrogen-bond acceptors (Lipinski definition) is 3. The highest BCUT2D eigenvalue weighted by molar-refractivity contribution is 7.87. The molecule has 0 aromatic rings. The lowest BCUT2D eigenvalue weighted by Gasteiger charge is -2.24. The second-order valence-electron chi connectivity index (χ2n) is 4.34. The van der Waals surface area contributed by atoms with Gasteiger partial charge in [0.1, 0.15) is 6.54 Å². The van der Waals surface area contributed by atoms with Crippen molar-refractivity contribution in [1.82, 2.24) is 9.03 Å². The van der Waals surface area contributed by atoms with E-state index in [1.807, 2.05) is 0 Å². The van der Waals surface area contributed by atoms with Gasteiger partial charge in [0.2, 0.25) is 0 Å². The summed E-state index contributed by atoms with van der Waals surface area (Å²) in [4.78, 5) is 0. The fourth-order valence-electron chi connectivity index (χ4n) is 1.25. The average Bonchev–Trinajstić information content (AvgIpc) is 2.20. The van der Waals surface area contributed by atoms with Crippen LogP contribution in [0.4, 0.5) is 13.2 Å². The molecule has 3 N–H and O–H groups in total. The molecule has 0 radical (unpaired) electrons. The molecule has 0 saturated carbocycles. The summed E-state index contributed by atoms with van der Waals surface area (Å²) in [6.07, 6.45) is -4.16. The summed E-state index contributed by atoms with van der Waals surface area (Å²) in [6.45, 7) is 2.56. The van der Waals surface area contributed by atoms with Crippen LogP contribution in [0, 0.1) is 5.92 Å². The smallest absolute Gasteiger partial charge is 0.330 e. The average molecular weight is 291 g/mol. The summed E-state index contributed by atoms with van der Waals surface area (Å²) in [5.74, 6) is 0.0187. The lowest BCUT2D eigenvalue weighted by Crippen LogP contribution is -2.46. The number of rotatable bonds is 8. The van der Waals surface area contributed by atoms with Crippen molar-refractivity contribution in [2.24, 2.45) is 11.7 Å². The second-order valence-corrected chi connectivity index (χ2v) is 6.09. The largest absolute Gasteiger partial charge is 0.402 e. The molecule has 0 rings (SSSR count). The predicted octanol–water partition coefficient (Wildman–Crippen LogP) is 0.690. The van der Waals surface area contributed by atoms with E-state index in [0.717, 1.165) is 4.31 Å². The Hall–Kier alpha value is -0.380. The summed E-state index contributed by atoms with van der Waals surface area (Å²) in [7, 11) is -4.12. The molecule has 0 aliphatic rings. The number of hydrogen-bond donors (Lipinski definition) is 2. The Morgan fingerprint density at radius 1 is 1.33 bits per heavy atom. The summed E-state index contributed by atoms with van der Waals surface area (Å²) >= 11 is 0. The van der Waals surface area contributed by atoms with Crippen molar-refractivity contribution in [3.05, 3.63) is 0 Å². The molecule has 0 aliphatic carbocycles. The first-order valence-electron chi connectivity index (χ1n) is 5.60. The van der Waals surface area contributed by atoms with Crippen LogP contribution in [0.1, 0.15) is 20.3 Å². The molecular weight excluding hydrogens is 271 g/mol. The maximum absolute atomic E-state index is 12.0. The minimum absolute atomic E-state index is 0.0187. The van der Waals surface area contributed by atoms with Crippen molar-refractivity contribution < 1.29 is 21.6 Å². The molecule has 0 aliphatic heterocycles. The molecule has 0 atom stereocenters. The monoisotopic (exact) mass is 291 g/mol. The Labute approximate surface area is 106 Å². The zero-order chi connectivity index (χ0) is 14.4. The summed E-state index contributed by atoms with van der Waals surface area (Å²) in [5, 5.41) is 0. The molecule has 0 unspecified atom stereocenters. The van der Waals surface area contributed by atoms with Gasteiger partial charge in [-0.2, -0.15) is 30.6 Å². The van der Waals surface area contributed by atoms with Crippen LogP contribution in [-0.4, -0.2) is 45.1 Å². The minimum atomic E-state index is -4.57. The van der Waals surface area contributed by atoms with E-state index in [1.54, 1.807) is 18.6 Å². The zero-order valence-electron chi connectivity index (χ0n) is 10.5. The summed E-state index contributed by atoms with van der Waals surface area (Å²) < 4.78 is 61.9. The van der Waals surface area contributed by atoms with E-state index in [1.165, 1.54) is 0 Å². The summed E-state index contributed by atoms with van der Waals surface area (Å²) in [6, 6.07) is 0. The number of alkyl halides is 3. The Balaban J connectivity index is 4.63. The van der Waals surface area contributed by atoms with Gasteiger partial charge in [0, 0.05) is 13.1 Å². The van der Waals surface area contributed by atoms with Gasteiger partial charge >= 0.3 is 6.18 Å². The van der Waals surface area contributed by atoms with Crippen LogP contribution in [0.5, 0.6) is 0 Å². The van der Waals surface area contributed by atoms with E-state index in [4.69, 9.17) is 5.73 Å². The Morgan fingerprint density at radius 2 is 1.89 bits per heavy atom. The minimum Gasteiger partial charge on any atom is -0.330 e. The molecular formula is C9H20F3N3O2S. The SMILES string of the molecule is CC(C)CN(CCCN)S(=O)(=O)NCC(F)(F)F. The van der Waals surface area contributed by atoms with Gasteiger partial charge in [0.05, 0.1) is 0 Å². The van der Waals surface area contributed by atoms with E-state index in [9.17, 15) is 21.6 Å². The van der Waals surface area contributed by atoms with Crippen LogP contribution in [-0.2, 0) is 10.2 Å². The molecule has 0 spiro atoms. The second kappa shape index (κ2) is 7.27. The molecule has 0 amide bonds. The third-order valence-corrected chi connectivity index (χ3v) is 3.50. The van der Waals surface area contributed by atoms with Crippen molar-refractivity contribution in [2.75, 3.05) is 26.2 Å². The van der Waals surface area contributed by atoms with Gasteiger partial charge in [-0.3, -0.25) is 0 Å². The fraction of sp³-hybridized carbons (Fsp3) is 1.00. The Morgan fingerprint density at radius 3 is 2.28 bits per heavy atom. The third-order valence-electron chi connectivity index (χ3n) is 1.98. The van der Waals surface area contributed by atoms with Gasteiger partial charge in [0.15, 0.2) is 0 Å². The van der Waals surface area contributed by atoms with Crippen molar-refractivity contribution in [1.29, 1.82) is 0 Å². The number of halogens is 3. The van der Waals surface area contributed by atoms with Crippen molar-refractivity contribution in [3.63, 3.8) is 0 Å². The quantitative estimate of drug-likeness (QED) is 0.691. The highest BCUT2D eigenvalue weighted by atomic mass is 32.2. The van der Waals surface area contributed by atoms with E-state index in [2.05, 4.69) is 0 Å². The molecule has 9 heteroatoms. The van der Waals surface area contributed by atoms with Crippen molar-refractivity contribution >= 4 is 10.2 Å². The van der Waals surface area contributed by atoms with Crippen molar-refractivity contribution in [3.8, 4) is 0 Å². The van der Waals surface area contributed by atoms with E-state index < -0.39 is 22.9 Å². The third kappa shape index (κ3) is 7.85. The van der Waals surface area contributed by atoms with Gasteiger partial charge in [-0.15, -0.1) is 0 Å². The number of nitrogens with one attached hydrogen (secondary N) is 1. The molecule has 110 valence electrons. The number of nitrogens with two attached hydrogens (primary N) is 1. The van der Waals surface area contributed by atoms with Crippen LogP contribution >= 0.6 is 0 Å². The maximum atomic E-state index is 12.0. The van der Waals surface area contributed by atoms with Crippen LogP contribution in [0.15, 0.2) is 0 Å². The van der Waals surface area contributed by atoms with Gasteiger partial charge in [-0.1, -0.05) is 13.8 Å². The molecule has 0 aromatic carbocycles. The van der Waals surface area contributed by atoms with Crippen molar-refractivity contribution in [2.45, 2.75) is 26.4 Å². The highest BCUT2D eigenvalue weighted by Gasteiger charge is 2.31. The number of nitrogens with zero attached hydrogens (tertiary/aromatic N) is 1. The summed E-state index contributed by atoms with van der Waals surface area (Å²) in [5.41, 5.74) is 5.27. The highest BCUT2D eigenvalue weighted by Crippen LogP contribution is 2.14. The Kier molecular flexibility index (Phi) is 7.11. The zero-order valence-corrected chi connectivity index (χ0v) is 11.3. The van der Waals surface area contributed by atoms with Crippen LogP contribution in [0.2, 0.25) is 0 Å². The van der Waals surface area contributed by atoms with Gasteiger partial charge in [-0.25, -0.2) is 0 Å². The standard InChI is InChI=1S/C9H20F3N3O2S/c1-8(2)6-15(5-3-4-13)18(16,17)14-7-9(10,11)12/h8,14H,3-7,13H2,1-2H3. The Bertz CT molecular complexity index is 330. The van der Waals surface area contributed by atoms with Gasteiger partial charge in [0.25, 0.3) is 10.2 Å². The first-order valence-corrected chi connectivity index (χ1v) is 7.04. The molecule has 0 fully saturated rings. The van der Waals surface area contributed by atoms with Crippen LogP contribution in [0.3, 0.4) is 0 Å². The first kappa shape index (κ1) is 17.6. The first-order chi connectivity index (χ1) is 8.08. The lowest BCUT2D eigenvalue weighted by molar-refractivity contribution is -0.121. The topological polar surface area (TPSA) is 75.4 Å². The molecule has 5 nitrogen and oxygen atoms in total. The van der Waals surface area contributed by atoms with E-state index >= 15 is 0 Å². The molecule has 18 heavy (non-hydrogen) atoms. The predicted molar refractivity (Wildman–Crippen MR) is 63.1 cm³/mol. The molecule has 0 bridgehead atoms. The maximum Gasteiger partial charge on any atom is 0.402 e. The van der Waals surface area contributed by atoms with E-state index in [-0.39, 0.29) is 25.6 Å². The van der Waals surface area contributed by atoms with Crippen LogP contribution < -0.4 is 10.5 Å². The van der Waals surface area contributed by atoms with E-state index in [0.29, 0.717) is 6.42 Å². The molecule has 0 heterocycles. The normalized spacial score (nSPS) is 13.6. The van der Waals surface area contributed by atoms with Crippen LogP contribution in [0.25, 0.3) is 0 Å².